The van der Waals surface area contributed by atoms with E-state index in [1.54, 1.807) is 11.3 Å². The topological polar surface area (TPSA) is 53.4 Å². The zero-order chi connectivity index (χ0) is 11.5. The molecule has 1 aromatic heterocycles. The molecule has 0 aromatic carbocycles. The Bertz CT molecular complexity index is 378. The van der Waals surface area contributed by atoms with Crippen molar-refractivity contribution in [1.29, 1.82) is 0 Å². The SMILES string of the molecule is CC1CCN(c2nc(CCC(=O)O)cs2)C1. The van der Waals surface area contributed by atoms with E-state index in [1.807, 2.05) is 5.38 Å². The minimum atomic E-state index is -0.760. The summed E-state index contributed by atoms with van der Waals surface area (Å²) in [5.41, 5.74) is 0.905. The second kappa shape index (κ2) is 4.82. The molecule has 1 aromatic rings. The molecule has 0 aliphatic carbocycles. The number of thiazole rings is 1. The van der Waals surface area contributed by atoms with Gasteiger partial charge in [0, 0.05) is 24.9 Å². The van der Waals surface area contributed by atoms with E-state index in [2.05, 4.69) is 16.8 Å². The second-order valence-corrected chi connectivity index (χ2v) is 5.19. The predicted octanol–water partition coefficient (Wildman–Crippen LogP) is 2.01. The van der Waals surface area contributed by atoms with Crippen LogP contribution in [0, 0.1) is 5.92 Å². The summed E-state index contributed by atoms with van der Waals surface area (Å²) in [4.78, 5) is 17.2. The Kier molecular flexibility index (Phi) is 3.43. The van der Waals surface area contributed by atoms with Gasteiger partial charge in [-0.1, -0.05) is 6.92 Å². The summed E-state index contributed by atoms with van der Waals surface area (Å²) < 4.78 is 0. The van der Waals surface area contributed by atoms with Crippen LogP contribution in [0.1, 0.15) is 25.5 Å². The monoisotopic (exact) mass is 240 g/mol. The fraction of sp³-hybridized carbons (Fsp3) is 0.636. The summed E-state index contributed by atoms with van der Waals surface area (Å²) in [7, 11) is 0. The summed E-state index contributed by atoms with van der Waals surface area (Å²) in [6.45, 7) is 4.40. The van der Waals surface area contributed by atoms with Gasteiger partial charge < -0.3 is 10.0 Å². The number of rotatable bonds is 4. The number of hydrogen-bond donors (Lipinski definition) is 1. The minimum absolute atomic E-state index is 0.166. The van der Waals surface area contributed by atoms with E-state index in [4.69, 9.17) is 5.11 Å². The van der Waals surface area contributed by atoms with Crippen molar-refractivity contribution in [1.82, 2.24) is 4.98 Å². The van der Waals surface area contributed by atoms with Crippen molar-refractivity contribution < 1.29 is 9.90 Å². The average molecular weight is 240 g/mol. The fourth-order valence-corrected chi connectivity index (χ4v) is 2.80. The van der Waals surface area contributed by atoms with Gasteiger partial charge in [-0.25, -0.2) is 4.98 Å². The van der Waals surface area contributed by atoms with E-state index < -0.39 is 5.97 Å². The summed E-state index contributed by atoms with van der Waals surface area (Å²) in [6, 6.07) is 0. The summed E-state index contributed by atoms with van der Waals surface area (Å²) in [5, 5.41) is 11.6. The van der Waals surface area contributed by atoms with E-state index in [0.717, 1.165) is 29.8 Å². The maximum absolute atomic E-state index is 10.4. The highest BCUT2D eigenvalue weighted by molar-refractivity contribution is 7.13. The molecule has 1 saturated heterocycles. The van der Waals surface area contributed by atoms with Crippen LogP contribution in [-0.2, 0) is 11.2 Å². The van der Waals surface area contributed by atoms with Gasteiger partial charge in [-0.05, 0) is 12.3 Å². The molecule has 2 heterocycles. The molecule has 0 bridgehead atoms. The number of carbonyl (C=O) groups is 1. The van der Waals surface area contributed by atoms with Gasteiger partial charge in [-0.2, -0.15) is 0 Å². The van der Waals surface area contributed by atoms with Crippen LogP contribution in [0.5, 0.6) is 0 Å². The Labute approximate surface area is 98.9 Å². The van der Waals surface area contributed by atoms with Gasteiger partial charge in [0.1, 0.15) is 0 Å². The van der Waals surface area contributed by atoms with Crippen LogP contribution >= 0.6 is 11.3 Å². The molecular formula is C11H16N2O2S. The van der Waals surface area contributed by atoms with E-state index in [0.29, 0.717) is 6.42 Å². The number of nitrogens with zero attached hydrogens (tertiary/aromatic N) is 2. The Balaban J connectivity index is 1.94. The predicted molar refractivity (Wildman–Crippen MR) is 64.1 cm³/mol. The number of carboxylic acid groups (broad SMARTS) is 1. The summed E-state index contributed by atoms with van der Waals surface area (Å²) in [6.07, 6.45) is 1.93. The molecule has 5 heteroatoms. The van der Waals surface area contributed by atoms with Gasteiger partial charge >= 0.3 is 5.97 Å². The molecule has 1 aliphatic rings. The van der Waals surface area contributed by atoms with Crippen molar-refractivity contribution in [2.45, 2.75) is 26.2 Å². The molecule has 2 rings (SSSR count). The molecule has 0 spiro atoms. The van der Waals surface area contributed by atoms with Gasteiger partial charge in [0.25, 0.3) is 0 Å². The summed E-state index contributed by atoms with van der Waals surface area (Å²) in [5.74, 6) is -0.0179. The maximum atomic E-state index is 10.4. The molecule has 1 N–H and O–H groups in total. The van der Waals surface area contributed by atoms with Gasteiger partial charge in [-0.15, -0.1) is 11.3 Å². The van der Waals surface area contributed by atoms with Crippen molar-refractivity contribution in [2.24, 2.45) is 5.92 Å². The van der Waals surface area contributed by atoms with Gasteiger partial charge in [0.05, 0.1) is 12.1 Å². The average Bonchev–Trinajstić information content (AvgIpc) is 2.83. The molecular weight excluding hydrogens is 224 g/mol. The number of hydrogen-bond acceptors (Lipinski definition) is 4. The lowest BCUT2D eigenvalue weighted by molar-refractivity contribution is -0.136. The molecule has 1 aliphatic heterocycles. The highest BCUT2D eigenvalue weighted by Gasteiger charge is 2.21. The third-order valence-corrected chi connectivity index (χ3v) is 3.78. The lowest BCUT2D eigenvalue weighted by Gasteiger charge is -2.13. The first-order chi connectivity index (χ1) is 7.65. The number of anilines is 1. The van der Waals surface area contributed by atoms with E-state index in [9.17, 15) is 4.79 Å². The lowest BCUT2D eigenvalue weighted by Crippen LogP contribution is -2.18. The molecule has 1 unspecified atom stereocenters. The molecule has 0 radical (unpaired) electrons. The fourth-order valence-electron chi connectivity index (χ4n) is 1.90. The molecule has 4 nitrogen and oxygen atoms in total. The number of aliphatic carboxylic acids is 1. The van der Waals surface area contributed by atoms with Crippen LogP contribution in [0.25, 0.3) is 0 Å². The highest BCUT2D eigenvalue weighted by Crippen LogP contribution is 2.26. The molecule has 0 amide bonds. The van der Waals surface area contributed by atoms with Crippen LogP contribution in [0.2, 0.25) is 0 Å². The summed E-state index contributed by atoms with van der Waals surface area (Å²) >= 11 is 1.62. The van der Waals surface area contributed by atoms with Crippen molar-refractivity contribution in [3.05, 3.63) is 11.1 Å². The zero-order valence-electron chi connectivity index (χ0n) is 9.35. The van der Waals surface area contributed by atoms with Crippen molar-refractivity contribution in [2.75, 3.05) is 18.0 Å². The first kappa shape index (κ1) is 11.4. The first-order valence-electron chi connectivity index (χ1n) is 5.56. The normalized spacial score (nSPS) is 20.3. The Morgan fingerprint density at radius 2 is 2.56 bits per heavy atom. The highest BCUT2D eigenvalue weighted by atomic mass is 32.1. The maximum Gasteiger partial charge on any atom is 0.303 e. The first-order valence-corrected chi connectivity index (χ1v) is 6.44. The number of carboxylic acids is 1. The van der Waals surface area contributed by atoms with Gasteiger partial charge in [0.15, 0.2) is 5.13 Å². The zero-order valence-corrected chi connectivity index (χ0v) is 10.2. The van der Waals surface area contributed by atoms with E-state index >= 15 is 0 Å². The van der Waals surface area contributed by atoms with Crippen LogP contribution < -0.4 is 4.90 Å². The van der Waals surface area contributed by atoms with Gasteiger partial charge in [0.2, 0.25) is 0 Å². The van der Waals surface area contributed by atoms with Crippen LogP contribution in [0.3, 0.4) is 0 Å². The Morgan fingerprint density at radius 3 is 3.19 bits per heavy atom. The Hall–Kier alpha value is -1.10. The Morgan fingerprint density at radius 1 is 1.75 bits per heavy atom. The quantitative estimate of drug-likeness (QED) is 0.874. The van der Waals surface area contributed by atoms with Crippen LogP contribution in [0.15, 0.2) is 5.38 Å². The third kappa shape index (κ3) is 2.72. The molecule has 0 saturated carbocycles. The minimum Gasteiger partial charge on any atom is -0.481 e. The van der Waals surface area contributed by atoms with Gasteiger partial charge in [-0.3, -0.25) is 4.79 Å². The van der Waals surface area contributed by atoms with Crippen molar-refractivity contribution >= 4 is 22.4 Å². The number of aryl methyl sites for hydroxylation is 1. The van der Waals surface area contributed by atoms with Crippen molar-refractivity contribution in [3.63, 3.8) is 0 Å². The number of aromatic nitrogens is 1. The molecule has 16 heavy (non-hydrogen) atoms. The van der Waals surface area contributed by atoms with Crippen LogP contribution in [0.4, 0.5) is 5.13 Å². The second-order valence-electron chi connectivity index (χ2n) is 4.36. The molecule has 1 atom stereocenters. The van der Waals surface area contributed by atoms with E-state index in [1.165, 1.54) is 6.42 Å². The lowest BCUT2D eigenvalue weighted by atomic mass is 10.2. The molecule has 1 fully saturated rings. The van der Waals surface area contributed by atoms with Crippen LogP contribution in [-0.4, -0.2) is 29.1 Å². The largest absolute Gasteiger partial charge is 0.481 e. The third-order valence-electron chi connectivity index (χ3n) is 2.83. The van der Waals surface area contributed by atoms with E-state index in [-0.39, 0.29) is 6.42 Å². The standard InChI is InChI=1S/C11H16N2O2S/c1-8-4-5-13(6-8)11-12-9(7-16-11)2-3-10(14)15/h7-8H,2-6H2,1H3,(H,14,15). The smallest absolute Gasteiger partial charge is 0.303 e. The molecule has 88 valence electrons. The van der Waals surface area contributed by atoms with Crippen molar-refractivity contribution in [3.8, 4) is 0 Å².